The van der Waals surface area contributed by atoms with Crippen molar-refractivity contribution in [3.05, 3.63) is 18.2 Å². The number of aromatic nitrogens is 2. The predicted octanol–water partition coefficient (Wildman–Crippen LogP) is 2.05. The lowest BCUT2D eigenvalue weighted by Gasteiger charge is -2.38. The fourth-order valence-corrected chi connectivity index (χ4v) is 4.10. The highest BCUT2D eigenvalue weighted by Gasteiger charge is 2.45. The molecule has 8 nitrogen and oxygen atoms in total. The summed E-state index contributed by atoms with van der Waals surface area (Å²) in [6.45, 7) is 4.45. The van der Waals surface area contributed by atoms with Crippen LogP contribution in [-0.4, -0.2) is 81.4 Å². The third kappa shape index (κ3) is 6.18. The van der Waals surface area contributed by atoms with Gasteiger partial charge in [0.25, 0.3) is 0 Å². The second kappa shape index (κ2) is 10.3. The monoisotopic (exact) mass is 434 g/mol. The molecule has 0 bridgehead atoms. The molecule has 3 heterocycles. The number of carboxylic acid groups (broad SMARTS) is 1. The van der Waals surface area contributed by atoms with Crippen molar-refractivity contribution in [3.63, 3.8) is 0 Å². The van der Waals surface area contributed by atoms with Crippen molar-refractivity contribution >= 4 is 11.9 Å². The molecule has 1 unspecified atom stereocenters. The zero-order chi connectivity index (χ0) is 22.4. The van der Waals surface area contributed by atoms with E-state index >= 15 is 0 Å². The number of likely N-dealkylation sites (tertiary alicyclic amines) is 2. The third-order valence-corrected chi connectivity index (χ3v) is 5.75. The van der Waals surface area contributed by atoms with Crippen molar-refractivity contribution in [1.82, 2.24) is 19.4 Å². The van der Waals surface area contributed by atoms with Gasteiger partial charge in [0.15, 0.2) is 0 Å². The van der Waals surface area contributed by atoms with Gasteiger partial charge in [-0.15, -0.1) is 0 Å². The normalized spacial score (nSPS) is 22.7. The largest absolute Gasteiger partial charge is 0.490 e. The average Bonchev–Trinajstić information content (AvgIpc) is 3.13. The van der Waals surface area contributed by atoms with E-state index in [0.717, 1.165) is 51.9 Å². The predicted molar refractivity (Wildman–Crippen MR) is 102 cm³/mol. The number of methoxy groups -OCH3 is 1. The Labute approximate surface area is 173 Å². The summed E-state index contributed by atoms with van der Waals surface area (Å²) in [5, 5.41) is 7.12. The Morgan fingerprint density at radius 1 is 1.30 bits per heavy atom. The van der Waals surface area contributed by atoms with Crippen molar-refractivity contribution in [2.75, 3.05) is 33.4 Å². The average molecular weight is 434 g/mol. The van der Waals surface area contributed by atoms with Crippen LogP contribution in [0.15, 0.2) is 12.5 Å². The van der Waals surface area contributed by atoms with Crippen LogP contribution in [0.3, 0.4) is 0 Å². The van der Waals surface area contributed by atoms with Crippen LogP contribution in [-0.2, 0) is 27.9 Å². The number of imidazole rings is 1. The van der Waals surface area contributed by atoms with E-state index in [1.807, 2.05) is 19.6 Å². The van der Waals surface area contributed by atoms with Crippen LogP contribution in [0.25, 0.3) is 0 Å². The number of rotatable bonds is 5. The summed E-state index contributed by atoms with van der Waals surface area (Å²) in [7, 11) is 3.75. The van der Waals surface area contributed by atoms with Crippen LogP contribution in [0.2, 0.25) is 0 Å². The Balaban J connectivity index is 0.000000396. The van der Waals surface area contributed by atoms with Gasteiger partial charge in [-0.3, -0.25) is 9.69 Å². The molecule has 1 aromatic heterocycles. The maximum atomic E-state index is 12.3. The minimum absolute atomic E-state index is 0.0663. The smallest absolute Gasteiger partial charge is 0.475 e. The number of halogens is 3. The van der Waals surface area contributed by atoms with Crippen LogP contribution in [0.1, 0.15) is 37.8 Å². The molecule has 170 valence electrons. The van der Waals surface area contributed by atoms with Gasteiger partial charge in [0.2, 0.25) is 5.91 Å². The Bertz CT molecular complexity index is 725. The third-order valence-electron chi connectivity index (χ3n) is 5.75. The molecule has 0 aliphatic carbocycles. The van der Waals surface area contributed by atoms with Gasteiger partial charge in [0.1, 0.15) is 0 Å². The van der Waals surface area contributed by atoms with Crippen molar-refractivity contribution < 1.29 is 32.6 Å². The maximum absolute atomic E-state index is 12.3. The van der Waals surface area contributed by atoms with Crippen LogP contribution >= 0.6 is 0 Å². The number of aryl methyl sites for hydroxylation is 1. The number of hydrogen-bond donors (Lipinski definition) is 1. The first-order valence-corrected chi connectivity index (χ1v) is 9.86. The molecule has 3 rings (SSSR count). The first-order valence-electron chi connectivity index (χ1n) is 9.86. The first-order chi connectivity index (χ1) is 14.1. The highest BCUT2D eigenvalue weighted by molar-refractivity contribution is 5.79. The molecule has 1 spiro atoms. The van der Waals surface area contributed by atoms with Crippen LogP contribution in [0.5, 0.6) is 0 Å². The van der Waals surface area contributed by atoms with Gasteiger partial charge in [-0.05, 0) is 32.2 Å². The van der Waals surface area contributed by atoms with Crippen LogP contribution in [0.4, 0.5) is 13.2 Å². The Morgan fingerprint density at radius 2 is 2.00 bits per heavy atom. The van der Waals surface area contributed by atoms with Gasteiger partial charge in [-0.25, -0.2) is 9.78 Å². The zero-order valence-electron chi connectivity index (χ0n) is 17.3. The minimum atomic E-state index is -5.08. The molecule has 2 aliphatic rings. The van der Waals surface area contributed by atoms with Gasteiger partial charge in [-0.1, -0.05) is 0 Å². The molecule has 0 saturated carbocycles. The lowest BCUT2D eigenvalue weighted by atomic mass is 9.88. The summed E-state index contributed by atoms with van der Waals surface area (Å²) in [6, 6.07) is 0. The van der Waals surface area contributed by atoms with E-state index in [4.69, 9.17) is 14.6 Å². The summed E-state index contributed by atoms with van der Waals surface area (Å²) >= 11 is 0. The molecule has 1 atom stereocenters. The first kappa shape index (κ1) is 24.1. The number of hydrogen-bond acceptors (Lipinski definition) is 5. The van der Waals surface area contributed by atoms with Gasteiger partial charge in [0, 0.05) is 51.9 Å². The Morgan fingerprint density at radius 3 is 2.57 bits per heavy atom. The van der Waals surface area contributed by atoms with Gasteiger partial charge >= 0.3 is 12.1 Å². The van der Waals surface area contributed by atoms with Crippen LogP contribution < -0.4 is 0 Å². The molecule has 1 aromatic rings. The summed E-state index contributed by atoms with van der Waals surface area (Å²) < 4.78 is 39.0. The van der Waals surface area contributed by atoms with E-state index in [1.165, 1.54) is 5.69 Å². The molecule has 30 heavy (non-hydrogen) atoms. The lowest BCUT2D eigenvalue weighted by molar-refractivity contribution is -0.192. The SMILES string of the molecule is COCCN1C(=O)CCC12CCCN(Cc1cncn1C)CC2.O=C(O)C(F)(F)F. The molecule has 1 amide bonds. The van der Waals surface area contributed by atoms with Crippen molar-refractivity contribution in [1.29, 1.82) is 0 Å². The number of amides is 1. The quantitative estimate of drug-likeness (QED) is 0.763. The summed E-state index contributed by atoms with van der Waals surface area (Å²) in [5.74, 6) is -2.45. The fraction of sp³-hybridized carbons (Fsp3) is 0.737. The number of carboxylic acids is 1. The Hall–Kier alpha value is -2.14. The summed E-state index contributed by atoms with van der Waals surface area (Å²) in [5.41, 5.74) is 1.32. The number of nitrogens with zero attached hydrogens (tertiary/aromatic N) is 4. The molecular weight excluding hydrogens is 405 g/mol. The summed E-state index contributed by atoms with van der Waals surface area (Å²) in [6.07, 6.45) is 3.77. The van der Waals surface area contributed by atoms with E-state index in [2.05, 4.69) is 19.4 Å². The van der Waals surface area contributed by atoms with Crippen molar-refractivity contribution in [2.45, 2.75) is 50.4 Å². The lowest BCUT2D eigenvalue weighted by Crippen LogP contribution is -2.47. The molecule has 2 saturated heterocycles. The summed E-state index contributed by atoms with van der Waals surface area (Å²) in [4.78, 5) is 30.0. The number of carbonyl (C=O) groups excluding carboxylic acids is 1. The number of ether oxygens (including phenoxy) is 1. The van der Waals surface area contributed by atoms with Crippen LogP contribution in [0, 0.1) is 0 Å². The zero-order valence-corrected chi connectivity index (χ0v) is 17.3. The molecule has 11 heteroatoms. The van der Waals surface area contributed by atoms with Gasteiger partial charge in [0.05, 0.1) is 18.6 Å². The second-order valence-electron chi connectivity index (χ2n) is 7.69. The molecule has 2 fully saturated rings. The molecule has 0 aromatic carbocycles. The maximum Gasteiger partial charge on any atom is 0.490 e. The highest BCUT2D eigenvalue weighted by Crippen LogP contribution is 2.39. The topological polar surface area (TPSA) is 87.9 Å². The van der Waals surface area contributed by atoms with Crippen molar-refractivity contribution in [2.24, 2.45) is 7.05 Å². The van der Waals surface area contributed by atoms with Gasteiger partial charge < -0.3 is 19.3 Å². The van der Waals surface area contributed by atoms with E-state index in [0.29, 0.717) is 18.9 Å². The number of aliphatic carboxylic acids is 1. The van der Waals surface area contributed by atoms with Gasteiger partial charge in [-0.2, -0.15) is 13.2 Å². The Kier molecular flexibility index (Phi) is 8.25. The highest BCUT2D eigenvalue weighted by atomic mass is 19.4. The molecule has 2 aliphatic heterocycles. The minimum Gasteiger partial charge on any atom is -0.475 e. The number of carbonyl (C=O) groups is 2. The molecular formula is C19H29F3N4O4. The second-order valence-corrected chi connectivity index (χ2v) is 7.69. The van der Waals surface area contributed by atoms with E-state index in [1.54, 1.807) is 7.11 Å². The van der Waals surface area contributed by atoms with Crippen molar-refractivity contribution in [3.8, 4) is 0 Å². The number of alkyl halides is 3. The van der Waals surface area contributed by atoms with E-state index in [9.17, 15) is 18.0 Å². The fourth-order valence-electron chi connectivity index (χ4n) is 4.10. The van der Waals surface area contributed by atoms with E-state index in [-0.39, 0.29) is 5.54 Å². The molecule has 0 radical (unpaired) electrons. The standard InChI is InChI=1S/C17H28N4O2.C2HF3O2/c1-19-14-18-12-15(19)13-20-8-3-5-17(7-9-20)6-4-16(22)21(17)10-11-23-2;3-2(4,5)1(6)7/h12,14H,3-11,13H2,1-2H3;(H,6,7). The van der Waals surface area contributed by atoms with E-state index < -0.39 is 12.1 Å². The molecule has 1 N–H and O–H groups in total.